The van der Waals surface area contributed by atoms with Crippen molar-refractivity contribution in [2.75, 3.05) is 52.4 Å². The summed E-state index contributed by atoms with van der Waals surface area (Å²) in [6.45, 7) is 11.7. The fourth-order valence-electron chi connectivity index (χ4n) is 5.69. The zero-order chi connectivity index (χ0) is 24.1. The number of nitriles is 1. The molecular weight excluding hydrogens is 446 g/mol. The number of hydrogen-bond donors (Lipinski definition) is 0. The highest BCUT2D eigenvalue weighted by molar-refractivity contribution is 7.95. The average molecular weight is 486 g/mol. The summed E-state index contributed by atoms with van der Waals surface area (Å²) < 4.78 is 27.1. The summed E-state index contributed by atoms with van der Waals surface area (Å²) >= 11 is 0. The SMILES string of the molecule is CC1CCCN1CCCN1CCN(CCN2CCCC2C)C1=C(C#N)S(=O)(=O)c1ccccc1. The topological polar surface area (TPSA) is 70.9 Å². The number of allylic oxidation sites excluding steroid dienone is 1. The van der Waals surface area contributed by atoms with E-state index in [1.165, 1.54) is 25.7 Å². The monoisotopic (exact) mass is 485 g/mol. The Bertz CT molecular complexity index is 1000. The van der Waals surface area contributed by atoms with Crippen molar-refractivity contribution in [1.82, 2.24) is 19.6 Å². The Morgan fingerprint density at radius 2 is 1.47 bits per heavy atom. The van der Waals surface area contributed by atoms with E-state index in [9.17, 15) is 13.7 Å². The van der Waals surface area contributed by atoms with Gasteiger partial charge in [-0.25, -0.2) is 8.42 Å². The second kappa shape index (κ2) is 11.1. The van der Waals surface area contributed by atoms with Crippen molar-refractivity contribution < 1.29 is 8.42 Å². The lowest BCUT2D eigenvalue weighted by Gasteiger charge is -2.29. The number of sulfone groups is 1. The molecule has 1 aromatic rings. The van der Waals surface area contributed by atoms with Crippen molar-refractivity contribution in [2.45, 2.75) is 62.9 Å². The molecule has 0 bridgehead atoms. The highest BCUT2D eigenvalue weighted by atomic mass is 32.2. The van der Waals surface area contributed by atoms with Crippen LogP contribution in [0.1, 0.15) is 46.0 Å². The van der Waals surface area contributed by atoms with E-state index in [0.29, 0.717) is 17.9 Å². The second-order valence-electron chi connectivity index (χ2n) is 9.96. The van der Waals surface area contributed by atoms with Crippen molar-refractivity contribution in [3.05, 3.63) is 41.1 Å². The third-order valence-corrected chi connectivity index (χ3v) is 9.48. The van der Waals surface area contributed by atoms with Crippen molar-refractivity contribution in [1.29, 1.82) is 5.26 Å². The van der Waals surface area contributed by atoms with Gasteiger partial charge in [0.05, 0.1) is 4.90 Å². The largest absolute Gasteiger partial charge is 0.355 e. The van der Waals surface area contributed by atoms with Gasteiger partial charge < -0.3 is 14.7 Å². The van der Waals surface area contributed by atoms with E-state index in [4.69, 9.17) is 0 Å². The molecule has 2 atom stereocenters. The highest BCUT2D eigenvalue weighted by Gasteiger charge is 2.35. The van der Waals surface area contributed by atoms with Gasteiger partial charge in [0.2, 0.25) is 9.84 Å². The maximum atomic E-state index is 13.5. The Morgan fingerprint density at radius 3 is 2.03 bits per heavy atom. The van der Waals surface area contributed by atoms with Crippen LogP contribution < -0.4 is 0 Å². The number of rotatable bonds is 9. The van der Waals surface area contributed by atoms with Gasteiger partial charge in [-0.15, -0.1) is 0 Å². The van der Waals surface area contributed by atoms with Gasteiger partial charge in [0.1, 0.15) is 11.9 Å². The molecule has 0 N–H and O–H groups in total. The van der Waals surface area contributed by atoms with Crippen LogP contribution in [0.25, 0.3) is 0 Å². The molecule has 8 heteroatoms. The summed E-state index contributed by atoms with van der Waals surface area (Å²) in [7, 11) is -3.89. The molecule has 186 valence electrons. The first kappa shape index (κ1) is 25.0. The summed E-state index contributed by atoms with van der Waals surface area (Å²) in [5.41, 5.74) is 0. The number of benzene rings is 1. The highest BCUT2D eigenvalue weighted by Crippen LogP contribution is 2.29. The molecule has 0 spiro atoms. The van der Waals surface area contributed by atoms with Crippen LogP contribution in [0.2, 0.25) is 0 Å². The van der Waals surface area contributed by atoms with Crippen LogP contribution in [0.5, 0.6) is 0 Å². The van der Waals surface area contributed by atoms with E-state index in [1.54, 1.807) is 30.3 Å². The van der Waals surface area contributed by atoms with Crippen molar-refractivity contribution in [3.63, 3.8) is 0 Å². The fraction of sp³-hybridized carbons (Fsp3) is 0.654. The summed E-state index contributed by atoms with van der Waals surface area (Å²) in [4.78, 5) is 9.37. The lowest BCUT2D eigenvalue weighted by Crippen LogP contribution is -2.37. The van der Waals surface area contributed by atoms with Gasteiger partial charge in [0.15, 0.2) is 4.91 Å². The third-order valence-electron chi connectivity index (χ3n) is 7.78. The molecule has 0 amide bonds. The third kappa shape index (κ3) is 5.42. The first-order valence-corrected chi connectivity index (χ1v) is 14.3. The van der Waals surface area contributed by atoms with Crippen LogP contribution in [0.4, 0.5) is 0 Å². The van der Waals surface area contributed by atoms with Crippen LogP contribution >= 0.6 is 0 Å². The lowest BCUT2D eigenvalue weighted by atomic mass is 10.2. The van der Waals surface area contributed by atoms with Crippen LogP contribution in [0.15, 0.2) is 46.0 Å². The molecule has 0 aromatic heterocycles. The van der Waals surface area contributed by atoms with E-state index in [2.05, 4.69) is 39.5 Å². The van der Waals surface area contributed by atoms with E-state index < -0.39 is 9.84 Å². The molecule has 34 heavy (non-hydrogen) atoms. The first-order valence-electron chi connectivity index (χ1n) is 12.8. The van der Waals surface area contributed by atoms with Crippen LogP contribution in [-0.4, -0.2) is 92.5 Å². The van der Waals surface area contributed by atoms with Gasteiger partial charge in [0, 0.05) is 51.4 Å². The molecule has 3 aliphatic heterocycles. The Labute approximate surface area is 205 Å². The molecule has 1 aromatic carbocycles. The summed E-state index contributed by atoms with van der Waals surface area (Å²) in [6.07, 6.45) is 5.92. The normalized spacial score (nSPS) is 25.8. The molecule has 3 fully saturated rings. The predicted molar refractivity (Wildman–Crippen MR) is 135 cm³/mol. The van der Waals surface area contributed by atoms with Gasteiger partial charge in [0.25, 0.3) is 0 Å². The number of hydrogen-bond acceptors (Lipinski definition) is 7. The van der Waals surface area contributed by atoms with Crippen LogP contribution in [0, 0.1) is 11.3 Å². The van der Waals surface area contributed by atoms with E-state index >= 15 is 0 Å². The molecule has 3 aliphatic rings. The molecule has 3 saturated heterocycles. The molecular formula is C26H39N5O2S. The molecule has 2 unspecified atom stereocenters. The summed E-state index contributed by atoms with van der Waals surface area (Å²) in [5, 5.41) is 10.1. The van der Waals surface area contributed by atoms with Crippen LogP contribution in [0.3, 0.4) is 0 Å². The lowest BCUT2D eigenvalue weighted by molar-refractivity contribution is 0.224. The van der Waals surface area contributed by atoms with Gasteiger partial charge >= 0.3 is 0 Å². The molecule has 0 saturated carbocycles. The van der Waals surface area contributed by atoms with Gasteiger partial charge in [-0.2, -0.15) is 5.26 Å². The Balaban J connectivity index is 1.57. The predicted octanol–water partition coefficient (Wildman–Crippen LogP) is 3.13. The zero-order valence-corrected chi connectivity index (χ0v) is 21.5. The zero-order valence-electron chi connectivity index (χ0n) is 20.7. The number of nitrogens with zero attached hydrogens (tertiary/aromatic N) is 5. The Kier molecular flexibility index (Phi) is 8.18. The summed E-state index contributed by atoms with van der Waals surface area (Å²) in [6, 6.07) is 11.7. The number of likely N-dealkylation sites (tertiary alicyclic amines) is 2. The minimum absolute atomic E-state index is 0.111. The second-order valence-corrected chi connectivity index (χ2v) is 11.8. The molecule has 7 nitrogen and oxygen atoms in total. The van der Waals surface area contributed by atoms with E-state index in [-0.39, 0.29) is 9.80 Å². The standard InChI is InChI=1S/C26H39N5O2S/c1-22-9-6-13-28(22)15-8-16-30-19-20-31(18-17-29-14-7-10-23(29)2)26(30)25(21-27)34(32,33)24-11-4-3-5-12-24/h3-5,11-12,22-23H,6-10,13-20H2,1-2H3. The van der Waals surface area contributed by atoms with Crippen molar-refractivity contribution in [3.8, 4) is 6.07 Å². The minimum atomic E-state index is -3.89. The Morgan fingerprint density at radius 1 is 0.882 bits per heavy atom. The van der Waals surface area contributed by atoms with Gasteiger partial charge in [-0.3, -0.25) is 4.90 Å². The Hall–Kier alpha value is -2.08. The van der Waals surface area contributed by atoms with E-state index in [1.807, 2.05) is 0 Å². The minimum Gasteiger partial charge on any atom is -0.355 e. The van der Waals surface area contributed by atoms with Crippen LogP contribution in [-0.2, 0) is 9.84 Å². The first-order chi connectivity index (χ1) is 16.4. The van der Waals surface area contributed by atoms with Crippen molar-refractivity contribution in [2.24, 2.45) is 0 Å². The average Bonchev–Trinajstić information content (AvgIpc) is 3.55. The van der Waals surface area contributed by atoms with Gasteiger partial charge in [-0.05, 0) is 71.2 Å². The van der Waals surface area contributed by atoms with E-state index in [0.717, 1.165) is 58.8 Å². The van der Waals surface area contributed by atoms with Gasteiger partial charge in [-0.1, -0.05) is 18.2 Å². The quantitative estimate of drug-likeness (QED) is 0.498. The molecule has 0 aliphatic carbocycles. The fourth-order valence-corrected chi connectivity index (χ4v) is 7.06. The maximum Gasteiger partial charge on any atom is 0.220 e. The summed E-state index contributed by atoms with van der Waals surface area (Å²) in [5.74, 6) is 0.604. The molecule has 3 heterocycles. The smallest absolute Gasteiger partial charge is 0.220 e. The maximum absolute atomic E-state index is 13.5. The molecule has 0 radical (unpaired) electrons. The van der Waals surface area contributed by atoms with Crippen molar-refractivity contribution >= 4 is 9.84 Å². The molecule has 4 rings (SSSR count).